The monoisotopic (exact) mass is 371 g/mol. The zero-order valence-corrected chi connectivity index (χ0v) is 15.2. The molecule has 2 aromatic rings. The predicted octanol–water partition coefficient (Wildman–Crippen LogP) is 3.17. The van der Waals surface area contributed by atoms with E-state index in [2.05, 4.69) is 4.98 Å². The van der Waals surface area contributed by atoms with E-state index in [-0.39, 0.29) is 28.3 Å². The van der Waals surface area contributed by atoms with Crippen molar-refractivity contribution >= 4 is 18.1 Å². The van der Waals surface area contributed by atoms with E-state index in [0.717, 1.165) is 11.6 Å². The molecule has 0 aliphatic carbocycles. The number of aromatic hydroxyl groups is 2. The van der Waals surface area contributed by atoms with Crippen LogP contribution in [0, 0.1) is 0 Å². The lowest BCUT2D eigenvalue weighted by molar-refractivity contribution is 0.0693. The Morgan fingerprint density at radius 3 is 2.44 bits per heavy atom. The van der Waals surface area contributed by atoms with Crippen LogP contribution in [0.2, 0.25) is 0 Å². The molecular formula is C20H21NO6. The normalized spacial score (nSPS) is 10.8. The lowest BCUT2D eigenvalue weighted by atomic mass is 9.97. The van der Waals surface area contributed by atoms with Crippen LogP contribution in [0.1, 0.15) is 41.0 Å². The van der Waals surface area contributed by atoms with Crippen molar-refractivity contribution in [1.29, 1.82) is 0 Å². The lowest BCUT2D eigenvalue weighted by Crippen LogP contribution is -2.05. The van der Waals surface area contributed by atoms with Gasteiger partial charge in [-0.3, -0.25) is 4.79 Å². The van der Waals surface area contributed by atoms with Crippen molar-refractivity contribution in [3.8, 4) is 17.2 Å². The molecule has 2 rings (SSSR count). The molecule has 7 heteroatoms. The number of allylic oxidation sites excluding steroid dienone is 2. The van der Waals surface area contributed by atoms with Crippen LogP contribution < -0.4 is 10.3 Å². The molecule has 7 nitrogen and oxygen atoms in total. The van der Waals surface area contributed by atoms with Crippen LogP contribution in [0.25, 0.3) is 12.2 Å². The van der Waals surface area contributed by atoms with E-state index in [0.29, 0.717) is 17.7 Å². The highest BCUT2D eigenvalue weighted by Gasteiger charge is 2.21. The maximum atomic E-state index is 11.7. The number of carboxylic acid groups (broad SMARTS) is 1. The maximum absolute atomic E-state index is 11.7. The van der Waals surface area contributed by atoms with E-state index in [4.69, 9.17) is 4.74 Å². The van der Waals surface area contributed by atoms with E-state index >= 15 is 0 Å². The number of pyridine rings is 1. The van der Waals surface area contributed by atoms with Crippen molar-refractivity contribution in [2.24, 2.45) is 0 Å². The van der Waals surface area contributed by atoms with E-state index in [1.165, 1.54) is 31.4 Å². The molecule has 1 aromatic heterocycles. The number of ether oxygens (including phenoxy) is 1. The Bertz CT molecular complexity index is 981. The summed E-state index contributed by atoms with van der Waals surface area (Å²) in [6.45, 7) is 3.80. The minimum atomic E-state index is -1.29. The first-order chi connectivity index (χ1) is 12.7. The zero-order chi connectivity index (χ0) is 20.1. The second-order valence-corrected chi connectivity index (χ2v) is 6.15. The van der Waals surface area contributed by atoms with Gasteiger partial charge in [0.25, 0.3) is 5.56 Å². The summed E-state index contributed by atoms with van der Waals surface area (Å²) in [5.41, 5.74) is 1.10. The van der Waals surface area contributed by atoms with Gasteiger partial charge in [0.1, 0.15) is 22.8 Å². The Morgan fingerprint density at radius 2 is 1.89 bits per heavy atom. The molecule has 0 spiro atoms. The van der Waals surface area contributed by atoms with Crippen LogP contribution >= 0.6 is 0 Å². The van der Waals surface area contributed by atoms with Crippen molar-refractivity contribution in [3.05, 3.63) is 62.6 Å². The van der Waals surface area contributed by atoms with Crippen LogP contribution in [0.15, 0.2) is 34.6 Å². The Labute approximate surface area is 155 Å². The number of H-pyrrole nitrogens is 1. The smallest absolute Gasteiger partial charge is 0.340 e. The van der Waals surface area contributed by atoms with Crippen molar-refractivity contribution in [2.45, 2.75) is 20.3 Å². The minimum absolute atomic E-state index is 0.196. The fourth-order valence-electron chi connectivity index (χ4n) is 2.57. The van der Waals surface area contributed by atoms with Crippen molar-refractivity contribution < 1.29 is 24.9 Å². The number of carboxylic acids is 1. The van der Waals surface area contributed by atoms with Crippen molar-refractivity contribution in [2.75, 3.05) is 7.11 Å². The predicted molar refractivity (Wildman–Crippen MR) is 102 cm³/mol. The van der Waals surface area contributed by atoms with Gasteiger partial charge in [-0.05, 0) is 38.0 Å². The topological polar surface area (TPSA) is 120 Å². The summed E-state index contributed by atoms with van der Waals surface area (Å²) in [7, 11) is 1.43. The fourth-order valence-corrected chi connectivity index (χ4v) is 2.57. The number of phenols is 1. The third-order valence-electron chi connectivity index (χ3n) is 3.84. The van der Waals surface area contributed by atoms with E-state index in [1.54, 1.807) is 0 Å². The summed E-state index contributed by atoms with van der Waals surface area (Å²) in [5.74, 6) is -1.53. The van der Waals surface area contributed by atoms with Crippen LogP contribution in [-0.2, 0) is 6.42 Å². The number of aromatic amines is 1. The molecule has 1 aromatic carbocycles. The van der Waals surface area contributed by atoms with E-state index < -0.39 is 11.5 Å². The van der Waals surface area contributed by atoms with Gasteiger partial charge in [-0.1, -0.05) is 17.7 Å². The highest BCUT2D eigenvalue weighted by atomic mass is 16.5. The molecule has 0 unspecified atom stereocenters. The van der Waals surface area contributed by atoms with Crippen molar-refractivity contribution in [3.63, 3.8) is 0 Å². The van der Waals surface area contributed by atoms with Crippen molar-refractivity contribution in [1.82, 2.24) is 4.98 Å². The average molecular weight is 371 g/mol. The van der Waals surface area contributed by atoms with Gasteiger partial charge in [-0.25, -0.2) is 4.79 Å². The number of aromatic nitrogens is 1. The molecule has 142 valence electrons. The maximum Gasteiger partial charge on any atom is 0.340 e. The Kier molecular flexibility index (Phi) is 6.07. The Morgan fingerprint density at radius 1 is 1.19 bits per heavy atom. The van der Waals surface area contributed by atoms with Gasteiger partial charge in [-0.15, -0.1) is 0 Å². The van der Waals surface area contributed by atoms with Crippen LogP contribution in [0.5, 0.6) is 17.2 Å². The highest BCUT2D eigenvalue weighted by Crippen LogP contribution is 2.36. The Balaban J connectivity index is 2.60. The minimum Gasteiger partial charge on any atom is -0.508 e. The summed E-state index contributed by atoms with van der Waals surface area (Å²) in [6.07, 6.45) is 5.02. The van der Waals surface area contributed by atoms with Crippen LogP contribution in [-0.4, -0.2) is 33.4 Å². The van der Waals surface area contributed by atoms with Crippen LogP contribution in [0.3, 0.4) is 0 Å². The number of rotatable bonds is 6. The lowest BCUT2D eigenvalue weighted by Gasteiger charge is -2.14. The average Bonchev–Trinajstić information content (AvgIpc) is 2.57. The first kappa shape index (κ1) is 19.8. The third-order valence-corrected chi connectivity index (χ3v) is 3.84. The molecule has 0 saturated carbocycles. The Hall–Kier alpha value is -3.48. The zero-order valence-electron chi connectivity index (χ0n) is 15.2. The molecule has 0 amide bonds. The first-order valence-corrected chi connectivity index (χ1v) is 8.13. The number of hydrogen-bond acceptors (Lipinski definition) is 5. The van der Waals surface area contributed by atoms with Gasteiger partial charge < -0.3 is 25.0 Å². The van der Waals surface area contributed by atoms with Gasteiger partial charge >= 0.3 is 5.97 Å². The quantitative estimate of drug-likeness (QED) is 0.579. The fraction of sp³-hybridized carbons (Fsp3) is 0.200. The molecule has 0 atom stereocenters. The molecule has 0 saturated heterocycles. The number of nitrogens with one attached hydrogen (secondary N) is 1. The molecule has 0 radical (unpaired) electrons. The van der Waals surface area contributed by atoms with Gasteiger partial charge in [-0.2, -0.15) is 0 Å². The summed E-state index contributed by atoms with van der Waals surface area (Å²) in [5, 5.41) is 29.6. The summed E-state index contributed by atoms with van der Waals surface area (Å²) in [6, 6.07) is 3.85. The third kappa shape index (κ3) is 4.78. The molecule has 27 heavy (non-hydrogen) atoms. The van der Waals surface area contributed by atoms with Gasteiger partial charge in [0.15, 0.2) is 0 Å². The van der Waals surface area contributed by atoms with E-state index in [9.17, 15) is 24.9 Å². The van der Waals surface area contributed by atoms with Gasteiger partial charge in [0.05, 0.1) is 7.11 Å². The first-order valence-electron chi connectivity index (χ1n) is 8.13. The van der Waals surface area contributed by atoms with Gasteiger partial charge in [0.2, 0.25) is 0 Å². The number of carbonyl (C=O) groups is 1. The summed E-state index contributed by atoms with van der Waals surface area (Å²) in [4.78, 5) is 25.6. The SMILES string of the molecule is COc1cc(/C=C/c2cc(O)cc(=O)[nH]2)c(C(=O)O)c(O)c1CC=C(C)C. The van der Waals surface area contributed by atoms with Gasteiger partial charge in [0, 0.05) is 23.4 Å². The standard InChI is InChI=1S/C20H21NO6/c1-11(2)4-7-15-16(27-3)8-12(18(19(15)24)20(25)26)5-6-13-9-14(22)10-17(23)21-13/h4-6,8-10,24H,7H2,1-3H3,(H,25,26)(H2,21,22,23)/b6-5+. The van der Waals surface area contributed by atoms with Crippen LogP contribution in [0.4, 0.5) is 0 Å². The molecule has 4 N–H and O–H groups in total. The highest BCUT2D eigenvalue weighted by molar-refractivity contribution is 5.97. The molecule has 0 fully saturated rings. The number of benzene rings is 1. The number of hydrogen-bond donors (Lipinski definition) is 4. The largest absolute Gasteiger partial charge is 0.508 e. The summed E-state index contributed by atoms with van der Waals surface area (Å²) >= 11 is 0. The second kappa shape index (κ2) is 8.27. The number of aromatic carboxylic acids is 1. The second-order valence-electron chi connectivity index (χ2n) is 6.15. The number of methoxy groups -OCH3 is 1. The molecule has 0 aliphatic heterocycles. The molecule has 0 bridgehead atoms. The molecule has 1 heterocycles. The molecular weight excluding hydrogens is 350 g/mol. The summed E-state index contributed by atoms with van der Waals surface area (Å²) < 4.78 is 5.31. The molecule has 0 aliphatic rings. The van der Waals surface area contributed by atoms with E-state index in [1.807, 2.05) is 19.9 Å².